The first-order chi connectivity index (χ1) is 18.1. The highest BCUT2D eigenvalue weighted by Gasteiger charge is 2.33. The number of amides is 1. The van der Waals surface area contributed by atoms with Crippen molar-refractivity contribution in [2.75, 3.05) is 23.8 Å². The van der Waals surface area contributed by atoms with Gasteiger partial charge < -0.3 is 21.1 Å². The lowest BCUT2D eigenvalue weighted by atomic mass is 9.85. The van der Waals surface area contributed by atoms with Gasteiger partial charge in [0.25, 0.3) is 0 Å². The van der Waals surface area contributed by atoms with E-state index >= 15 is 0 Å². The molecule has 0 radical (unpaired) electrons. The molecule has 2 aliphatic rings. The fraction of sp³-hybridized carbons (Fsp3) is 0.500. The van der Waals surface area contributed by atoms with Gasteiger partial charge in [-0.25, -0.2) is 9.97 Å². The maximum atomic E-state index is 13.2. The number of benzene rings is 1. The van der Waals surface area contributed by atoms with Crippen LogP contribution in [0.5, 0.6) is 0 Å². The molecule has 0 spiro atoms. The predicted molar refractivity (Wildman–Crippen MR) is 138 cm³/mol. The van der Waals surface area contributed by atoms with Crippen molar-refractivity contribution in [1.29, 1.82) is 0 Å². The van der Waals surface area contributed by atoms with Gasteiger partial charge in [0.05, 0.1) is 27.5 Å². The Morgan fingerprint density at radius 1 is 1.05 bits per heavy atom. The molecule has 0 unspecified atom stereocenters. The molecule has 1 aliphatic heterocycles. The molecule has 0 atom stereocenters. The second-order valence-electron chi connectivity index (χ2n) is 9.58. The molecule has 1 aliphatic carbocycles. The number of rotatable bonds is 6. The standard InChI is InChI=1S/C24H26Cl2F3N7O2/c25-16-9-13(24(27,28)29)10-17(26)19(16)34-23-33-18-11-31-22(32-14-5-7-38-8-6-14)35-21(18)36(23)15-3-1-12(2-4-15)20(30)37/h9-12,14-15H,1-8H2,(H2,30,37)(H,33,34)(H,31,32,35)/t12-,15+. The smallest absolute Gasteiger partial charge is 0.381 e. The topological polar surface area (TPSA) is 120 Å². The van der Waals surface area contributed by atoms with Crippen molar-refractivity contribution in [1.82, 2.24) is 19.5 Å². The molecule has 2 fully saturated rings. The number of anilines is 3. The van der Waals surface area contributed by atoms with Crippen LogP contribution >= 0.6 is 23.2 Å². The summed E-state index contributed by atoms with van der Waals surface area (Å²) in [5.74, 6) is 0.208. The van der Waals surface area contributed by atoms with Gasteiger partial charge in [-0.3, -0.25) is 9.36 Å². The van der Waals surface area contributed by atoms with Crippen LogP contribution in [0.2, 0.25) is 10.0 Å². The molecule has 1 aromatic carbocycles. The number of imidazole rings is 1. The first-order valence-electron chi connectivity index (χ1n) is 12.3. The SMILES string of the molecule is NC(=O)[C@H]1CC[C@@H](n2c(Nc3c(Cl)cc(C(F)(F)F)cc3Cl)nc3cnc(NC4CCOCC4)nc32)CC1. The summed E-state index contributed by atoms with van der Waals surface area (Å²) >= 11 is 12.5. The average Bonchev–Trinajstić information content (AvgIpc) is 3.23. The van der Waals surface area contributed by atoms with E-state index in [-0.39, 0.29) is 39.6 Å². The monoisotopic (exact) mass is 571 g/mol. The highest BCUT2D eigenvalue weighted by Crippen LogP contribution is 2.42. The van der Waals surface area contributed by atoms with Crippen LogP contribution < -0.4 is 16.4 Å². The number of alkyl halides is 3. The summed E-state index contributed by atoms with van der Waals surface area (Å²) < 4.78 is 47.0. The van der Waals surface area contributed by atoms with Gasteiger partial charge in [-0.1, -0.05) is 23.2 Å². The third-order valence-corrected chi connectivity index (χ3v) is 7.65. The van der Waals surface area contributed by atoms with E-state index in [9.17, 15) is 18.0 Å². The maximum Gasteiger partial charge on any atom is 0.416 e. The van der Waals surface area contributed by atoms with Crippen LogP contribution in [-0.4, -0.2) is 44.7 Å². The first-order valence-corrected chi connectivity index (χ1v) is 13.1. The third-order valence-electron chi connectivity index (χ3n) is 7.06. The zero-order valence-electron chi connectivity index (χ0n) is 20.2. The number of carbonyl (C=O) groups is 1. The van der Waals surface area contributed by atoms with Crippen molar-refractivity contribution in [2.45, 2.75) is 56.8 Å². The molecule has 1 saturated carbocycles. The van der Waals surface area contributed by atoms with Gasteiger partial charge in [-0.2, -0.15) is 18.2 Å². The van der Waals surface area contributed by atoms with Crippen LogP contribution in [0.4, 0.5) is 30.8 Å². The minimum atomic E-state index is -4.60. The molecule has 4 N–H and O–H groups in total. The van der Waals surface area contributed by atoms with E-state index in [0.29, 0.717) is 62.0 Å². The highest BCUT2D eigenvalue weighted by molar-refractivity contribution is 6.39. The minimum Gasteiger partial charge on any atom is -0.381 e. The summed E-state index contributed by atoms with van der Waals surface area (Å²) in [6.07, 6.45) is 1.12. The molecule has 38 heavy (non-hydrogen) atoms. The zero-order chi connectivity index (χ0) is 27.0. The summed E-state index contributed by atoms with van der Waals surface area (Å²) in [7, 11) is 0. The normalized spacial score (nSPS) is 21.0. The van der Waals surface area contributed by atoms with Gasteiger partial charge in [0.2, 0.25) is 17.8 Å². The number of halogens is 5. The number of primary amides is 1. The van der Waals surface area contributed by atoms with Gasteiger partial charge in [-0.15, -0.1) is 0 Å². The molecule has 5 rings (SSSR count). The van der Waals surface area contributed by atoms with Crippen molar-refractivity contribution in [3.63, 3.8) is 0 Å². The van der Waals surface area contributed by atoms with E-state index in [0.717, 1.165) is 25.0 Å². The van der Waals surface area contributed by atoms with Crippen LogP contribution in [0.25, 0.3) is 11.2 Å². The molecule has 2 aromatic heterocycles. The average molecular weight is 572 g/mol. The van der Waals surface area contributed by atoms with Gasteiger partial charge >= 0.3 is 6.18 Å². The number of carbonyl (C=O) groups excluding carboxylic acids is 1. The molecule has 1 amide bonds. The number of hydrogen-bond donors (Lipinski definition) is 3. The van der Waals surface area contributed by atoms with Gasteiger partial charge in [-0.05, 0) is 50.7 Å². The van der Waals surface area contributed by atoms with Crippen molar-refractivity contribution in [3.05, 3.63) is 33.9 Å². The highest BCUT2D eigenvalue weighted by atomic mass is 35.5. The number of ether oxygens (including phenoxy) is 1. The molecular weight excluding hydrogens is 546 g/mol. The van der Waals surface area contributed by atoms with Crippen molar-refractivity contribution >= 4 is 57.9 Å². The van der Waals surface area contributed by atoms with Crippen LogP contribution in [0, 0.1) is 5.92 Å². The van der Waals surface area contributed by atoms with E-state index < -0.39 is 11.7 Å². The molecule has 0 bridgehead atoms. The molecular formula is C24H26Cl2F3N7O2. The lowest BCUT2D eigenvalue weighted by Crippen LogP contribution is -2.29. The Balaban J connectivity index is 1.52. The molecule has 1 saturated heterocycles. The molecule has 3 heterocycles. The summed E-state index contributed by atoms with van der Waals surface area (Å²) in [6, 6.07) is 1.70. The Morgan fingerprint density at radius 2 is 1.71 bits per heavy atom. The molecule has 9 nitrogen and oxygen atoms in total. The van der Waals surface area contributed by atoms with Gasteiger partial charge in [0.15, 0.2) is 5.65 Å². The third kappa shape index (κ3) is 5.62. The van der Waals surface area contributed by atoms with E-state index in [4.69, 9.17) is 38.7 Å². The van der Waals surface area contributed by atoms with Crippen molar-refractivity contribution < 1.29 is 22.7 Å². The number of nitrogens with zero attached hydrogens (tertiary/aromatic N) is 4. The number of nitrogens with two attached hydrogens (primary N) is 1. The van der Waals surface area contributed by atoms with Crippen LogP contribution in [0.3, 0.4) is 0 Å². The van der Waals surface area contributed by atoms with Crippen LogP contribution in [-0.2, 0) is 15.7 Å². The van der Waals surface area contributed by atoms with Crippen molar-refractivity contribution in [2.24, 2.45) is 11.7 Å². The largest absolute Gasteiger partial charge is 0.416 e. The lowest BCUT2D eigenvalue weighted by Gasteiger charge is -2.29. The summed E-state index contributed by atoms with van der Waals surface area (Å²) in [4.78, 5) is 25.5. The number of nitrogens with one attached hydrogen (secondary N) is 2. The molecule has 14 heteroatoms. The molecule has 204 valence electrons. The molecule has 3 aromatic rings. The van der Waals surface area contributed by atoms with E-state index in [2.05, 4.69) is 20.6 Å². The Morgan fingerprint density at radius 3 is 2.32 bits per heavy atom. The lowest BCUT2D eigenvalue weighted by molar-refractivity contribution is -0.137. The van der Waals surface area contributed by atoms with E-state index in [1.807, 2.05) is 4.57 Å². The van der Waals surface area contributed by atoms with Gasteiger partial charge in [0.1, 0.15) is 5.52 Å². The number of hydrogen-bond acceptors (Lipinski definition) is 7. The second-order valence-corrected chi connectivity index (χ2v) is 10.4. The van der Waals surface area contributed by atoms with Crippen LogP contribution in [0.15, 0.2) is 18.3 Å². The number of fused-ring (bicyclic) bond motifs is 1. The first kappa shape index (κ1) is 26.8. The summed E-state index contributed by atoms with van der Waals surface area (Å²) in [5.41, 5.74) is 5.69. The quantitative estimate of drug-likeness (QED) is 0.347. The van der Waals surface area contributed by atoms with E-state index in [1.54, 1.807) is 6.20 Å². The number of aromatic nitrogens is 4. The second kappa shape index (κ2) is 10.7. The Hall–Kier alpha value is -2.83. The fourth-order valence-corrected chi connectivity index (χ4v) is 5.59. The summed E-state index contributed by atoms with van der Waals surface area (Å²) in [6.45, 7) is 1.31. The zero-order valence-corrected chi connectivity index (χ0v) is 21.7. The fourth-order valence-electron chi connectivity index (χ4n) is 5.01. The predicted octanol–water partition coefficient (Wildman–Crippen LogP) is 5.70. The Bertz CT molecular complexity index is 1310. The minimum absolute atomic E-state index is 0.0947. The summed E-state index contributed by atoms with van der Waals surface area (Å²) in [5, 5.41) is 5.98. The Labute approximate surface area is 226 Å². The maximum absolute atomic E-state index is 13.2. The van der Waals surface area contributed by atoms with Gasteiger partial charge in [0, 0.05) is 31.2 Å². The Kier molecular flexibility index (Phi) is 7.56. The van der Waals surface area contributed by atoms with Crippen molar-refractivity contribution in [3.8, 4) is 0 Å². The van der Waals surface area contributed by atoms with E-state index in [1.165, 1.54) is 0 Å². The van der Waals surface area contributed by atoms with Crippen LogP contribution in [0.1, 0.15) is 50.1 Å².